The fourth-order valence-electron chi connectivity index (χ4n) is 4.78. The first-order valence-electron chi connectivity index (χ1n) is 10.7. The van der Waals surface area contributed by atoms with Crippen LogP contribution in [0.3, 0.4) is 0 Å². The number of halogens is 1. The van der Waals surface area contributed by atoms with Crippen molar-refractivity contribution in [2.75, 3.05) is 44.2 Å². The first-order valence-corrected chi connectivity index (χ1v) is 10.7. The lowest BCUT2D eigenvalue weighted by molar-refractivity contribution is 0.0875. The van der Waals surface area contributed by atoms with Crippen LogP contribution in [0.25, 0.3) is 11.0 Å². The summed E-state index contributed by atoms with van der Waals surface area (Å²) in [4.78, 5) is 15.6. The summed E-state index contributed by atoms with van der Waals surface area (Å²) in [7, 11) is 0. The van der Waals surface area contributed by atoms with Crippen LogP contribution in [-0.4, -0.2) is 65.1 Å². The number of benzene rings is 2. The molecule has 2 saturated heterocycles. The largest absolute Gasteiger partial charge is 0.369 e. The van der Waals surface area contributed by atoms with Crippen LogP contribution in [0.4, 0.5) is 10.1 Å². The molecule has 3 heterocycles. The van der Waals surface area contributed by atoms with Crippen LogP contribution in [0.15, 0.2) is 48.5 Å². The quantitative estimate of drug-likeness (QED) is 0.737. The van der Waals surface area contributed by atoms with E-state index in [1.807, 2.05) is 0 Å². The van der Waals surface area contributed by atoms with Crippen molar-refractivity contribution >= 4 is 16.7 Å². The highest BCUT2D eigenvalue weighted by molar-refractivity contribution is 5.74. The van der Waals surface area contributed by atoms with Crippen LogP contribution >= 0.6 is 0 Å². The Morgan fingerprint density at radius 3 is 2.66 bits per heavy atom. The average Bonchev–Trinajstić information content (AvgIpc) is 3.16. The zero-order valence-corrected chi connectivity index (χ0v) is 16.7. The highest BCUT2D eigenvalue weighted by Crippen LogP contribution is 2.22. The molecule has 2 aliphatic heterocycles. The number of nitrogens with zero attached hydrogens (tertiary/aromatic N) is 4. The topological polar surface area (TPSA) is 38.4 Å². The highest BCUT2D eigenvalue weighted by atomic mass is 19.1. The monoisotopic (exact) mass is 393 g/mol. The van der Waals surface area contributed by atoms with Gasteiger partial charge in [-0.1, -0.05) is 18.2 Å². The Bertz CT molecular complexity index is 948. The Balaban J connectivity index is 1.18. The third kappa shape index (κ3) is 4.14. The second-order valence-corrected chi connectivity index (χ2v) is 8.23. The minimum absolute atomic E-state index is 0.222. The van der Waals surface area contributed by atoms with E-state index in [1.54, 1.807) is 6.07 Å². The third-order valence-corrected chi connectivity index (χ3v) is 6.30. The maximum Gasteiger partial charge on any atom is 0.125 e. The molecule has 2 aromatic carbocycles. The van der Waals surface area contributed by atoms with Crippen molar-refractivity contribution < 1.29 is 4.39 Å². The predicted octanol–water partition coefficient (Wildman–Crippen LogP) is 3.49. The molecule has 2 aliphatic rings. The number of hydrogen-bond acceptors (Lipinski definition) is 4. The first kappa shape index (κ1) is 18.6. The van der Waals surface area contributed by atoms with Gasteiger partial charge in [-0.15, -0.1) is 0 Å². The Kier molecular flexibility index (Phi) is 5.21. The van der Waals surface area contributed by atoms with Gasteiger partial charge in [0.15, 0.2) is 0 Å². The summed E-state index contributed by atoms with van der Waals surface area (Å²) >= 11 is 0. The smallest absolute Gasteiger partial charge is 0.125 e. The Hall–Kier alpha value is -2.44. The van der Waals surface area contributed by atoms with Gasteiger partial charge < -0.3 is 9.88 Å². The maximum atomic E-state index is 13.4. The number of piperidine rings is 1. The minimum atomic E-state index is -0.222. The van der Waals surface area contributed by atoms with E-state index in [2.05, 4.69) is 55.0 Å². The van der Waals surface area contributed by atoms with Gasteiger partial charge in [0.05, 0.1) is 17.6 Å². The Morgan fingerprint density at radius 1 is 1.00 bits per heavy atom. The normalized spacial score (nSPS) is 21.7. The molecule has 0 aliphatic carbocycles. The molecule has 0 unspecified atom stereocenters. The number of anilines is 1. The summed E-state index contributed by atoms with van der Waals surface area (Å²) in [6, 6.07) is 16.1. The number of likely N-dealkylation sites (tertiary alicyclic amines) is 1. The van der Waals surface area contributed by atoms with E-state index in [4.69, 9.17) is 0 Å². The summed E-state index contributed by atoms with van der Waals surface area (Å²) < 4.78 is 13.4. The second kappa shape index (κ2) is 8.13. The molecule has 6 heteroatoms. The minimum Gasteiger partial charge on any atom is -0.369 e. The molecule has 0 spiro atoms. The number of nitrogens with one attached hydrogen (secondary N) is 1. The number of imidazole rings is 1. The number of rotatable bonds is 4. The van der Waals surface area contributed by atoms with E-state index in [1.165, 1.54) is 30.7 Å². The van der Waals surface area contributed by atoms with Gasteiger partial charge in [0.25, 0.3) is 0 Å². The predicted molar refractivity (Wildman–Crippen MR) is 115 cm³/mol. The molecule has 0 amide bonds. The van der Waals surface area contributed by atoms with Gasteiger partial charge in [0.2, 0.25) is 0 Å². The molecule has 5 nitrogen and oxygen atoms in total. The fraction of sp³-hybridized carbons (Fsp3) is 0.435. The molecule has 29 heavy (non-hydrogen) atoms. The van der Waals surface area contributed by atoms with E-state index < -0.39 is 0 Å². The summed E-state index contributed by atoms with van der Waals surface area (Å²) in [6.07, 6.45) is 2.49. The lowest BCUT2D eigenvalue weighted by Gasteiger charge is -2.43. The molecule has 152 valence electrons. The van der Waals surface area contributed by atoms with Crippen molar-refractivity contribution in [3.8, 4) is 0 Å². The molecule has 0 radical (unpaired) electrons. The van der Waals surface area contributed by atoms with E-state index in [0.717, 1.165) is 62.7 Å². The van der Waals surface area contributed by atoms with Crippen molar-refractivity contribution in [2.24, 2.45) is 0 Å². The van der Waals surface area contributed by atoms with Crippen LogP contribution in [-0.2, 0) is 6.54 Å². The number of hydrogen-bond donors (Lipinski definition) is 1. The van der Waals surface area contributed by atoms with Crippen LogP contribution in [0.2, 0.25) is 0 Å². The molecule has 1 aromatic heterocycles. The van der Waals surface area contributed by atoms with Gasteiger partial charge >= 0.3 is 0 Å². The highest BCUT2D eigenvalue weighted by Gasteiger charge is 2.28. The zero-order chi connectivity index (χ0) is 19.6. The number of fused-ring (bicyclic) bond motifs is 1. The molecule has 0 saturated carbocycles. The van der Waals surface area contributed by atoms with Crippen molar-refractivity contribution in [1.29, 1.82) is 0 Å². The Morgan fingerprint density at radius 2 is 1.83 bits per heavy atom. The lowest BCUT2D eigenvalue weighted by Crippen LogP contribution is -2.55. The average molecular weight is 394 g/mol. The third-order valence-electron chi connectivity index (χ3n) is 6.30. The Labute approximate surface area is 171 Å². The van der Waals surface area contributed by atoms with E-state index in [9.17, 15) is 4.39 Å². The molecule has 5 rings (SSSR count). The number of aromatic nitrogens is 2. The van der Waals surface area contributed by atoms with Crippen LogP contribution in [0.5, 0.6) is 0 Å². The zero-order valence-electron chi connectivity index (χ0n) is 16.7. The maximum absolute atomic E-state index is 13.4. The number of H-pyrrole nitrogens is 1. The van der Waals surface area contributed by atoms with Crippen LogP contribution in [0.1, 0.15) is 18.7 Å². The second-order valence-electron chi connectivity index (χ2n) is 8.23. The van der Waals surface area contributed by atoms with Gasteiger partial charge in [-0.3, -0.25) is 9.80 Å². The summed E-state index contributed by atoms with van der Waals surface area (Å²) in [5.41, 5.74) is 2.95. The molecule has 1 N–H and O–H groups in total. The standard InChI is InChI=1S/C23H28FN5/c24-18-8-9-21-22(15-18)26-23(25-21)17-27-10-4-7-20(16-27)29-13-11-28(12-14-29)19-5-2-1-3-6-19/h1-3,5-6,8-9,15,20H,4,7,10-14,16-17H2,(H,25,26)/t20-/m0/s1. The molecule has 2 fully saturated rings. The fourth-order valence-corrected chi connectivity index (χ4v) is 4.78. The van der Waals surface area contributed by atoms with Crippen molar-refractivity contribution in [3.05, 3.63) is 60.2 Å². The van der Waals surface area contributed by atoms with Crippen molar-refractivity contribution in [2.45, 2.75) is 25.4 Å². The molecular weight excluding hydrogens is 365 g/mol. The van der Waals surface area contributed by atoms with Crippen molar-refractivity contribution in [1.82, 2.24) is 19.8 Å². The van der Waals surface area contributed by atoms with E-state index in [-0.39, 0.29) is 5.82 Å². The molecular formula is C23H28FN5. The van der Waals surface area contributed by atoms with Crippen molar-refractivity contribution in [3.63, 3.8) is 0 Å². The van der Waals surface area contributed by atoms with Crippen LogP contribution < -0.4 is 4.90 Å². The SMILES string of the molecule is Fc1ccc2nc(CN3CCC[C@H](N4CCN(c5ccccc5)CC4)C3)[nH]c2c1. The van der Waals surface area contributed by atoms with E-state index in [0.29, 0.717) is 6.04 Å². The summed E-state index contributed by atoms with van der Waals surface area (Å²) in [6.45, 7) is 7.42. The first-order chi connectivity index (χ1) is 14.2. The summed E-state index contributed by atoms with van der Waals surface area (Å²) in [5, 5.41) is 0. The lowest BCUT2D eigenvalue weighted by atomic mass is 10.0. The van der Waals surface area contributed by atoms with Crippen LogP contribution in [0, 0.1) is 5.82 Å². The molecule has 0 bridgehead atoms. The van der Waals surface area contributed by atoms with Gasteiger partial charge in [0, 0.05) is 44.5 Å². The van der Waals surface area contributed by atoms with Gasteiger partial charge in [-0.2, -0.15) is 0 Å². The van der Waals surface area contributed by atoms with Gasteiger partial charge in [-0.05, 0) is 49.7 Å². The van der Waals surface area contributed by atoms with Gasteiger partial charge in [-0.25, -0.2) is 9.37 Å². The molecule has 1 atom stereocenters. The van der Waals surface area contributed by atoms with Gasteiger partial charge in [0.1, 0.15) is 11.6 Å². The number of piperazine rings is 1. The van der Waals surface area contributed by atoms with E-state index >= 15 is 0 Å². The number of aromatic amines is 1. The summed E-state index contributed by atoms with van der Waals surface area (Å²) in [5.74, 6) is 0.709. The molecule has 3 aromatic rings. The number of para-hydroxylation sites is 1.